The van der Waals surface area contributed by atoms with Crippen molar-refractivity contribution in [2.24, 2.45) is 0 Å². The molecule has 0 fully saturated rings. The molecular weight excluding hydrogens is 264 g/mol. The van der Waals surface area contributed by atoms with E-state index in [1.54, 1.807) is 6.07 Å². The fourth-order valence-electron chi connectivity index (χ4n) is 0.906. The summed E-state index contributed by atoms with van der Waals surface area (Å²) in [6.07, 6.45) is 2.56. The fraction of sp³-hybridized carbons (Fsp3) is 0.400. The number of benzene rings is 1. The van der Waals surface area contributed by atoms with Gasteiger partial charge in [-0.15, -0.1) is 0 Å². The summed E-state index contributed by atoms with van der Waals surface area (Å²) in [5.41, 5.74) is 0. The van der Waals surface area contributed by atoms with Gasteiger partial charge >= 0.3 is 83.9 Å². The van der Waals surface area contributed by atoms with Crippen molar-refractivity contribution >= 4 is 24.5 Å². The van der Waals surface area contributed by atoms with E-state index in [1.807, 2.05) is 18.2 Å². The van der Waals surface area contributed by atoms with Gasteiger partial charge in [0.1, 0.15) is 0 Å². The van der Waals surface area contributed by atoms with Gasteiger partial charge in [0.25, 0.3) is 0 Å². The number of hydrogen-bond donors (Lipinski definition) is 1. The van der Waals surface area contributed by atoms with Crippen LogP contribution >= 0.6 is 0 Å². The van der Waals surface area contributed by atoms with Crippen LogP contribution in [0.1, 0.15) is 19.8 Å². The van der Waals surface area contributed by atoms with E-state index in [2.05, 4.69) is 6.92 Å². The summed E-state index contributed by atoms with van der Waals surface area (Å²) in [5.74, 6) is 0.496. The molecule has 1 nitrogen and oxygen atoms in total. The molecule has 1 rings (SSSR count). The molecule has 0 amide bonds. The monoisotopic (exact) mass is 280 g/mol. The van der Waals surface area contributed by atoms with Gasteiger partial charge < -0.3 is 0 Å². The molecule has 0 bridgehead atoms. The molecule has 0 saturated carbocycles. The normalized spacial score (nSPS) is 10.1. The van der Waals surface area contributed by atoms with E-state index in [1.165, 1.54) is 20.9 Å². The molecule has 0 radical (unpaired) electrons. The Kier molecular flexibility index (Phi) is 4.50. The Labute approximate surface area is 83.9 Å². The molecule has 2 heteroatoms. The summed E-state index contributed by atoms with van der Waals surface area (Å²) < 4.78 is 2.51. The van der Waals surface area contributed by atoms with Crippen LogP contribution in [0.2, 0.25) is 4.47 Å². The first-order valence-electron chi connectivity index (χ1n) is 4.25. The molecule has 0 aliphatic heterocycles. The Morgan fingerprint density at radius 3 is 2.75 bits per heavy atom. The first-order chi connectivity index (χ1) is 5.84. The van der Waals surface area contributed by atoms with Gasteiger partial charge in [-0.05, 0) is 0 Å². The van der Waals surface area contributed by atoms with Crippen molar-refractivity contribution in [1.82, 2.24) is 0 Å². The molecule has 0 saturated heterocycles. The second kappa shape index (κ2) is 5.45. The van der Waals surface area contributed by atoms with E-state index in [-0.39, 0.29) is 20.9 Å². The summed E-state index contributed by atoms with van der Waals surface area (Å²) >= 11 is -0.124. The zero-order valence-electron chi connectivity index (χ0n) is 7.29. The average molecular weight is 278 g/mol. The van der Waals surface area contributed by atoms with Crippen LogP contribution in [0.15, 0.2) is 24.3 Å². The molecular formula is C10H14OTe. The number of aromatic hydroxyl groups is 1. The Bertz CT molecular complexity index is 235. The van der Waals surface area contributed by atoms with Gasteiger partial charge in [0.05, 0.1) is 0 Å². The number of phenolic OH excluding ortho intramolecular Hbond substituents is 1. The van der Waals surface area contributed by atoms with Crippen LogP contribution in [0.3, 0.4) is 0 Å². The molecule has 0 aliphatic rings. The second-order valence-electron chi connectivity index (χ2n) is 2.67. The van der Waals surface area contributed by atoms with Crippen molar-refractivity contribution in [2.75, 3.05) is 0 Å². The summed E-state index contributed by atoms with van der Waals surface area (Å²) in [4.78, 5) is 0. The van der Waals surface area contributed by atoms with Crippen molar-refractivity contribution in [2.45, 2.75) is 24.2 Å². The van der Waals surface area contributed by atoms with Crippen molar-refractivity contribution in [1.29, 1.82) is 0 Å². The molecule has 0 heterocycles. The third-order valence-corrected chi connectivity index (χ3v) is 4.90. The number of para-hydroxylation sites is 1. The van der Waals surface area contributed by atoms with Crippen LogP contribution < -0.4 is 3.61 Å². The summed E-state index contributed by atoms with van der Waals surface area (Å²) in [6, 6.07) is 7.72. The van der Waals surface area contributed by atoms with Gasteiger partial charge in [0.2, 0.25) is 0 Å². The van der Waals surface area contributed by atoms with Gasteiger partial charge in [-0.1, -0.05) is 0 Å². The quantitative estimate of drug-likeness (QED) is 0.659. The van der Waals surface area contributed by atoms with E-state index < -0.39 is 0 Å². The summed E-state index contributed by atoms with van der Waals surface area (Å²) in [5, 5.41) is 9.44. The maximum atomic E-state index is 9.44. The first-order valence-corrected chi connectivity index (χ1v) is 7.06. The zero-order chi connectivity index (χ0) is 8.81. The van der Waals surface area contributed by atoms with Gasteiger partial charge in [0, 0.05) is 0 Å². The van der Waals surface area contributed by atoms with E-state index in [9.17, 15) is 5.11 Å². The Morgan fingerprint density at radius 2 is 2.08 bits per heavy atom. The molecule has 0 aliphatic carbocycles. The van der Waals surface area contributed by atoms with Crippen LogP contribution in [0.5, 0.6) is 5.75 Å². The van der Waals surface area contributed by atoms with Crippen LogP contribution in [0.4, 0.5) is 0 Å². The van der Waals surface area contributed by atoms with E-state index >= 15 is 0 Å². The molecule has 1 aromatic carbocycles. The van der Waals surface area contributed by atoms with Gasteiger partial charge in [-0.3, -0.25) is 0 Å². The minimum atomic E-state index is -0.124. The van der Waals surface area contributed by atoms with E-state index in [4.69, 9.17) is 0 Å². The molecule has 0 unspecified atom stereocenters. The minimum absolute atomic E-state index is 0.124. The Balaban J connectivity index is 2.46. The number of rotatable bonds is 4. The topological polar surface area (TPSA) is 20.2 Å². The van der Waals surface area contributed by atoms with Crippen LogP contribution in [0.25, 0.3) is 0 Å². The van der Waals surface area contributed by atoms with Gasteiger partial charge in [-0.25, -0.2) is 0 Å². The number of hydrogen-bond acceptors (Lipinski definition) is 1. The standard InChI is InChI=1S/C10H14OTe/c1-2-3-8-12-10-7-5-4-6-9(10)11/h4-7,11H,2-3,8H2,1H3. The van der Waals surface area contributed by atoms with Gasteiger partial charge in [-0.2, -0.15) is 0 Å². The van der Waals surface area contributed by atoms with Crippen molar-refractivity contribution in [3.05, 3.63) is 24.3 Å². The van der Waals surface area contributed by atoms with Crippen LogP contribution in [-0.4, -0.2) is 26.0 Å². The number of unbranched alkanes of at least 4 members (excludes halogenated alkanes) is 1. The second-order valence-corrected chi connectivity index (χ2v) is 5.91. The predicted octanol–water partition coefficient (Wildman–Crippen LogP) is 1.94. The van der Waals surface area contributed by atoms with Gasteiger partial charge in [0.15, 0.2) is 0 Å². The predicted molar refractivity (Wildman–Crippen MR) is 53.2 cm³/mol. The zero-order valence-corrected chi connectivity index (χ0v) is 9.62. The molecule has 1 aromatic rings. The van der Waals surface area contributed by atoms with Crippen molar-refractivity contribution in [3.8, 4) is 5.75 Å². The Morgan fingerprint density at radius 1 is 1.33 bits per heavy atom. The SMILES string of the molecule is CCCC[Te]c1ccccc1O. The van der Waals surface area contributed by atoms with E-state index in [0.29, 0.717) is 5.75 Å². The number of phenols is 1. The molecule has 12 heavy (non-hydrogen) atoms. The van der Waals surface area contributed by atoms with Crippen LogP contribution in [0, 0.1) is 0 Å². The maximum absolute atomic E-state index is 9.44. The van der Waals surface area contributed by atoms with Crippen LogP contribution in [-0.2, 0) is 0 Å². The summed E-state index contributed by atoms with van der Waals surface area (Å²) in [7, 11) is 0. The molecule has 0 atom stereocenters. The first kappa shape index (κ1) is 9.89. The molecule has 1 N–H and O–H groups in total. The third-order valence-electron chi connectivity index (χ3n) is 1.62. The molecule has 66 valence electrons. The van der Waals surface area contributed by atoms with Crippen molar-refractivity contribution < 1.29 is 5.11 Å². The van der Waals surface area contributed by atoms with Crippen molar-refractivity contribution in [3.63, 3.8) is 0 Å². The Hall–Kier alpha value is -0.190. The van der Waals surface area contributed by atoms with E-state index in [0.717, 1.165) is 0 Å². The molecule has 0 aromatic heterocycles. The average Bonchev–Trinajstić information content (AvgIpc) is 2.09. The summed E-state index contributed by atoms with van der Waals surface area (Å²) in [6.45, 7) is 2.21. The third kappa shape index (κ3) is 3.05. The molecule has 0 spiro atoms. The fourth-order valence-corrected chi connectivity index (χ4v) is 3.88.